The number of rotatable bonds is 22. The highest BCUT2D eigenvalue weighted by Gasteiger charge is 2.59. The lowest BCUT2D eigenvalue weighted by molar-refractivity contribution is -0.383. The predicted molar refractivity (Wildman–Crippen MR) is 152 cm³/mol. The topological polar surface area (TPSA) is 196 Å². The molecule has 2 rings (SSSR count). The van der Waals surface area contributed by atoms with Gasteiger partial charge in [-0.15, -0.1) is 0 Å². The number of unbranched alkanes of at least 4 members (excludes halogenated alkanes) is 14. The zero-order valence-corrected chi connectivity index (χ0v) is 25.2. The SMILES string of the molecule is CCCCCCCCCCCCCCCCCC(=O)OC[C@@]1(OC2OC(CO)C(O)C(O)C2O)OC(CO)C(O)C1O. The molecule has 42 heavy (non-hydrogen) atoms. The van der Waals surface area contributed by atoms with Gasteiger partial charge in [0.05, 0.1) is 13.2 Å². The number of ether oxygens (including phenoxy) is 4. The summed E-state index contributed by atoms with van der Waals surface area (Å²) in [7, 11) is 0. The maximum atomic E-state index is 12.5. The molecule has 0 spiro atoms. The third kappa shape index (κ3) is 11.5. The fraction of sp³-hybridized carbons (Fsp3) is 0.967. The van der Waals surface area contributed by atoms with E-state index in [1.54, 1.807) is 0 Å². The molecule has 2 saturated heterocycles. The van der Waals surface area contributed by atoms with Crippen molar-refractivity contribution in [3.63, 3.8) is 0 Å². The number of aliphatic hydroxyl groups excluding tert-OH is 7. The van der Waals surface area contributed by atoms with Crippen LogP contribution in [-0.2, 0) is 23.7 Å². The van der Waals surface area contributed by atoms with Crippen LogP contribution in [0.25, 0.3) is 0 Å². The molecule has 0 saturated carbocycles. The third-order valence-electron chi connectivity index (χ3n) is 8.27. The summed E-state index contributed by atoms with van der Waals surface area (Å²) in [6.45, 7) is 0.137. The Morgan fingerprint density at radius 2 is 1.17 bits per heavy atom. The van der Waals surface area contributed by atoms with E-state index in [2.05, 4.69) is 6.92 Å². The van der Waals surface area contributed by atoms with Gasteiger partial charge < -0.3 is 54.7 Å². The second-order valence-electron chi connectivity index (χ2n) is 11.8. The highest BCUT2D eigenvalue weighted by molar-refractivity contribution is 5.69. The molecule has 7 N–H and O–H groups in total. The van der Waals surface area contributed by atoms with Crippen LogP contribution in [-0.4, -0.2) is 116 Å². The Balaban J connectivity index is 1.69. The molecule has 0 amide bonds. The molecule has 12 nitrogen and oxygen atoms in total. The van der Waals surface area contributed by atoms with Crippen molar-refractivity contribution in [3.05, 3.63) is 0 Å². The average molecular weight is 609 g/mol. The molecule has 0 aliphatic carbocycles. The van der Waals surface area contributed by atoms with Gasteiger partial charge in [0, 0.05) is 6.42 Å². The van der Waals surface area contributed by atoms with E-state index >= 15 is 0 Å². The first kappa shape index (κ1) is 37.3. The molecule has 0 aromatic carbocycles. The van der Waals surface area contributed by atoms with Crippen LogP contribution >= 0.6 is 0 Å². The Kier molecular flexibility index (Phi) is 17.9. The van der Waals surface area contributed by atoms with Crippen LogP contribution in [0.1, 0.15) is 110 Å². The van der Waals surface area contributed by atoms with E-state index in [0.717, 1.165) is 19.3 Å². The predicted octanol–water partition coefficient (Wildman–Crippen LogP) is 1.42. The highest BCUT2D eigenvalue weighted by Crippen LogP contribution is 2.36. The van der Waals surface area contributed by atoms with Crippen molar-refractivity contribution in [3.8, 4) is 0 Å². The van der Waals surface area contributed by atoms with Gasteiger partial charge in [0.2, 0.25) is 5.79 Å². The fourth-order valence-corrected chi connectivity index (χ4v) is 5.51. The van der Waals surface area contributed by atoms with Gasteiger partial charge in [-0.3, -0.25) is 4.79 Å². The van der Waals surface area contributed by atoms with Gasteiger partial charge in [-0.05, 0) is 6.42 Å². The van der Waals surface area contributed by atoms with Crippen LogP contribution in [0.3, 0.4) is 0 Å². The lowest BCUT2D eigenvalue weighted by atomic mass is 9.99. The second-order valence-corrected chi connectivity index (χ2v) is 11.8. The molecule has 0 aromatic heterocycles. The summed E-state index contributed by atoms with van der Waals surface area (Å²) in [5.74, 6) is -2.83. The summed E-state index contributed by atoms with van der Waals surface area (Å²) in [6.07, 6.45) is 5.12. The Bertz CT molecular complexity index is 724. The lowest BCUT2D eigenvalue weighted by Crippen LogP contribution is -2.62. The number of hydrogen-bond acceptors (Lipinski definition) is 12. The smallest absolute Gasteiger partial charge is 0.305 e. The van der Waals surface area contributed by atoms with E-state index in [1.165, 1.54) is 70.6 Å². The monoisotopic (exact) mass is 608 g/mol. The summed E-state index contributed by atoms with van der Waals surface area (Å²) in [5, 5.41) is 70.4. The van der Waals surface area contributed by atoms with Crippen molar-refractivity contribution in [2.24, 2.45) is 0 Å². The minimum absolute atomic E-state index is 0.121. The van der Waals surface area contributed by atoms with Crippen molar-refractivity contribution in [1.82, 2.24) is 0 Å². The quantitative estimate of drug-likeness (QED) is 0.0691. The van der Waals surface area contributed by atoms with Crippen molar-refractivity contribution >= 4 is 5.97 Å². The molecular formula is C30H56O12. The Morgan fingerprint density at radius 1 is 0.667 bits per heavy atom. The normalized spacial score (nSPS) is 33.2. The Hall–Kier alpha value is -0.930. The van der Waals surface area contributed by atoms with Crippen LogP contribution < -0.4 is 0 Å². The molecule has 0 bridgehead atoms. The van der Waals surface area contributed by atoms with Crippen LogP contribution in [0.5, 0.6) is 0 Å². The molecule has 2 aliphatic rings. The Labute approximate surface area is 249 Å². The number of esters is 1. The van der Waals surface area contributed by atoms with Crippen LogP contribution in [0, 0.1) is 0 Å². The van der Waals surface area contributed by atoms with E-state index in [9.17, 15) is 40.5 Å². The van der Waals surface area contributed by atoms with Crippen molar-refractivity contribution in [2.75, 3.05) is 19.8 Å². The van der Waals surface area contributed by atoms with Gasteiger partial charge in [0.25, 0.3) is 0 Å². The van der Waals surface area contributed by atoms with Crippen molar-refractivity contribution in [2.45, 2.75) is 164 Å². The standard InChI is InChI=1S/C30H56O12/c1-2-3-4-5-6-7-8-9-10-11-12-13-14-15-16-17-23(33)39-20-30(28(38)25(35)22(19-32)41-30)42-29-27(37)26(36)24(34)21(18-31)40-29/h21-22,24-29,31-32,34-38H,2-20H2,1H3/t21?,22?,24?,25?,26?,27?,28?,29?,30-/m0/s1. The van der Waals surface area contributed by atoms with Gasteiger partial charge >= 0.3 is 5.97 Å². The van der Waals surface area contributed by atoms with E-state index in [-0.39, 0.29) is 6.42 Å². The lowest BCUT2D eigenvalue weighted by Gasteiger charge is -2.43. The van der Waals surface area contributed by atoms with Gasteiger partial charge in [0.15, 0.2) is 6.29 Å². The van der Waals surface area contributed by atoms with Gasteiger partial charge in [-0.1, -0.05) is 96.8 Å². The largest absolute Gasteiger partial charge is 0.460 e. The molecule has 0 radical (unpaired) electrons. The minimum Gasteiger partial charge on any atom is -0.460 e. The van der Waals surface area contributed by atoms with E-state index in [1.807, 2.05) is 0 Å². The fourth-order valence-electron chi connectivity index (χ4n) is 5.51. The molecule has 9 atom stereocenters. The first-order chi connectivity index (χ1) is 20.2. The van der Waals surface area contributed by atoms with Gasteiger partial charge in [0.1, 0.15) is 49.3 Å². The second kappa shape index (κ2) is 20.2. The first-order valence-electron chi connectivity index (χ1n) is 16.0. The summed E-state index contributed by atoms with van der Waals surface area (Å²) >= 11 is 0. The summed E-state index contributed by atoms with van der Waals surface area (Å²) in [5.41, 5.74) is 0. The van der Waals surface area contributed by atoms with Crippen molar-refractivity contribution < 1.29 is 59.5 Å². The highest BCUT2D eigenvalue weighted by atomic mass is 16.8. The summed E-state index contributed by atoms with van der Waals surface area (Å²) in [6, 6.07) is 0. The van der Waals surface area contributed by atoms with Crippen molar-refractivity contribution in [1.29, 1.82) is 0 Å². The number of aliphatic hydroxyl groups is 7. The van der Waals surface area contributed by atoms with Gasteiger partial charge in [-0.2, -0.15) is 0 Å². The third-order valence-corrected chi connectivity index (χ3v) is 8.27. The molecule has 8 unspecified atom stereocenters. The molecule has 2 aliphatic heterocycles. The first-order valence-corrected chi connectivity index (χ1v) is 16.0. The maximum Gasteiger partial charge on any atom is 0.305 e. The molecule has 248 valence electrons. The average Bonchev–Trinajstić information content (AvgIpc) is 3.23. The Morgan fingerprint density at radius 3 is 1.64 bits per heavy atom. The number of carbonyl (C=O) groups excluding carboxylic acids is 1. The summed E-state index contributed by atoms with van der Waals surface area (Å²) in [4.78, 5) is 12.5. The summed E-state index contributed by atoms with van der Waals surface area (Å²) < 4.78 is 21.8. The molecule has 12 heteroatoms. The van der Waals surface area contributed by atoms with Gasteiger partial charge in [-0.25, -0.2) is 0 Å². The number of carbonyl (C=O) groups is 1. The van der Waals surface area contributed by atoms with Crippen LogP contribution in [0.4, 0.5) is 0 Å². The molecule has 0 aromatic rings. The molecular weight excluding hydrogens is 552 g/mol. The van der Waals surface area contributed by atoms with Crippen LogP contribution in [0.15, 0.2) is 0 Å². The van der Waals surface area contributed by atoms with E-state index in [4.69, 9.17) is 18.9 Å². The maximum absolute atomic E-state index is 12.5. The van der Waals surface area contributed by atoms with Crippen LogP contribution in [0.2, 0.25) is 0 Å². The van der Waals surface area contributed by atoms with E-state index in [0.29, 0.717) is 6.42 Å². The molecule has 2 heterocycles. The minimum atomic E-state index is -2.24. The zero-order valence-electron chi connectivity index (χ0n) is 25.2. The molecule has 2 fully saturated rings. The zero-order chi connectivity index (χ0) is 31.0. The number of hydrogen-bond donors (Lipinski definition) is 7. The van der Waals surface area contributed by atoms with E-state index < -0.39 is 80.6 Å².